The number of hydrogen-bond donors (Lipinski definition) is 1. The second-order valence-corrected chi connectivity index (χ2v) is 5.10. The number of hydrogen-bond acceptors (Lipinski definition) is 3. The molecule has 19 heavy (non-hydrogen) atoms. The first kappa shape index (κ1) is 14.0. The Balaban J connectivity index is 1.71. The molecule has 0 saturated carbocycles. The van der Waals surface area contributed by atoms with E-state index in [0.29, 0.717) is 12.5 Å². The normalized spacial score (nSPS) is 17.9. The van der Waals surface area contributed by atoms with Gasteiger partial charge in [-0.2, -0.15) is 0 Å². The molecule has 2 rings (SSSR count). The standard InChI is InChI=1S/C15H22N2O2/c1-12(13-6-10-19-11-7-13)15(18)17-9-5-14-4-2-3-8-16-14/h2-4,8,12-13H,5-7,9-11H2,1H3,(H,17,18). The number of carbonyl (C=O) groups is 1. The highest BCUT2D eigenvalue weighted by Gasteiger charge is 2.25. The highest BCUT2D eigenvalue weighted by atomic mass is 16.5. The largest absolute Gasteiger partial charge is 0.381 e. The molecule has 1 atom stereocenters. The monoisotopic (exact) mass is 262 g/mol. The molecule has 1 aliphatic rings. The summed E-state index contributed by atoms with van der Waals surface area (Å²) >= 11 is 0. The SMILES string of the molecule is CC(C(=O)NCCc1ccccn1)C1CCOCC1. The predicted octanol–water partition coefficient (Wildman–Crippen LogP) is 1.80. The molecule has 2 heterocycles. The molecule has 0 radical (unpaired) electrons. The summed E-state index contributed by atoms with van der Waals surface area (Å²) in [6.07, 6.45) is 4.55. The van der Waals surface area contributed by atoms with E-state index in [0.717, 1.165) is 38.2 Å². The highest BCUT2D eigenvalue weighted by molar-refractivity contribution is 5.78. The van der Waals surface area contributed by atoms with Crippen molar-refractivity contribution >= 4 is 5.91 Å². The zero-order chi connectivity index (χ0) is 13.5. The van der Waals surface area contributed by atoms with E-state index in [4.69, 9.17) is 4.74 Å². The molecule has 4 nitrogen and oxygen atoms in total. The fraction of sp³-hybridized carbons (Fsp3) is 0.600. The third kappa shape index (κ3) is 4.31. The van der Waals surface area contributed by atoms with Gasteiger partial charge in [-0.1, -0.05) is 13.0 Å². The molecule has 1 unspecified atom stereocenters. The maximum atomic E-state index is 12.1. The van der Waals surface area contributed by atoms with Crippen LogP contribution in [0.1, 0.15) is 25.5 Å². The summed E-state index contributed by atoms with van der Waals surface area (Å²) in [6, 6.07) is 5.85. The Kier molecular flexibility index (Phi) is 5.33. The number of aromatic nitrogens is 1. The van der Waals surface area contributed by atoms with E-state index in [9.17, 15) is 4.79 Å². The second kappa shape index (κ2) is 7.24. The van der Waals surface area contributed by atoms with E-state index in [-0.39, 0.29) is 11.8 Å². The predicted molar refractivity (Wildman–Crippen MR) is 73.7 cm³/mol. The first-order valence-electron chi connectivity index (χ1n) is 7.02. The second-order valence-electron chi connectivity index (χ2n) is 5.10. The summed E-state index contributed by atoms with van der Waals surface area (Å²) in [5, 5.41) is 3.01. The molecule has 1 N–H and O–H groups in total. The molecular weight excluding hydrogens is 240 g/mol. The molecule has 1 amide bonds. The van der Waals surface area contributed by atoms with E-state index < -0.39 is 0 Å². The van der Waals surface area contributed by atoms with E-state index >= 15 is 0 Å². The van der Waals surface area contributed by atoms with Crippen molar-refractivity contribution in [3.05, 3.63) is 30.1 Å². The lowest BCUT2D eigenvalue weighted by Crippen LogP contribution is -2.36. The van der Waals surface area contributed by atoms with Crippen LogP contribution in [0.4, 0.5) is 0 Å². The van der Waals surface area contributed by atoms with Gasteiger partial charge in [0.15, 0.2) is 0 Å². The molecule has 1 aromatic heterocycles. The molecule has 1 saturated heterocycles. The van der Waals surface area contributed by atoms with Gasteiger partial charge in [0.05, 0.1) is 0 Å². The van der Waals surface area contributed by atoms with Gasteiger partial charge in [-0.25, -0.2) is 0 Å². The molecule has 1 aromatic rings. The van der Waals surface area contributed by atoms with Crippen molar-refractivity contribution in [1.29, 1.82) is 0 Å². The van der Waals surface area contributed by atoms with Gasteiger partial charge in [0.25, 0.3) is 0 Å². The number of nitrogens with zero attached hydrogens (tertiary/aromatic N) is 1. The van der Waals surface area contributed by atoms with Crippen LogP contribution in [0.15, 0.2) is 24.4 Å². The van der Waals surface area contributed by atoms with Crippen LogP contribution in [0.3, 0.4) is 0 Å². The Labute approximate surface area is 114 Å². The molecule has 104 valence electrons. The van der Waals surface area contributed by atoms with Crippen LogP contribution in [0, 0.1) is 11.8 Å². The lowest BCUT2D eigenvalue weighted by molar-refractivity contribution is -0.127. The number of amides is 1. The lowest BCUT2D eigenvalue weighted by Gasteiger charge is -2.26. The van der Waals surface area contributed by atoms with Gasteiger partial charge in [-0.3, -0.25) is 9.78 Å². The molecule has 1 fully saturated rings. The molecule has 0 aliphatic carbocycles. The summed E-state index contributed by atoms with van der Waals surface area (Å²) < 4.78 is 5.33. The molecular formula is C15H22N2O2. The average Bonchev–Trinajstić information content (AvgIpc) is 2.48. The van der Waals surface area contributed by atoms with E-state index in [1.807, 2.05) is 25.1 Å². The van der Waals surface area contributed by atoms with Crippen molar-refractivity contribution in [2.75, 3.05) is 19.8 Å². The maximum absolute atomic E-state index is 12.1. The van der Waals surface area contributed by atoms with Crippen LogP contribution in [0.25, 0.3) is 0 Å². The van der Waals surface area contributed by atoms with Crippen LogP contribution in [-0.2, 0) is 16.0 Å². The minimum absolute atomic E-state index is 0.0765. The molecule has 0 aromatic carbocycles. The van der Waals surface area contributed by atoms with Crippen LogP contribution < -0.4 is 5.32 Å². The minimum atomic E-state index is 0.0765. The lowest BCUT2D eigenvalue weighted by atomic mass is 9.87. The van der Waals surface area contributed by atoms with Gasteiger partial charge in [0.2, 0.25) is 5.91 Å². The van der Waals surface area contributed by atoms with Crippen molar-refractivity contribution in [2.45, 2.75) is 26.2 Å². The van der Waals surface area contributed by atoms with Crippen LogP contribution in [0.5, 0.6) is 0 Å². The molecule has 4 heteroatoms. The van der Waals surface area contributed by atoms with E-state index in [2.05, 4.69) is 10.3 Å². The molecule has 1 aliphatic heterocycles. The fourth-order valence-electron chi connectivity index (χ4n) is 2.45. The van der Waals surface area contributed by atoms with Gasteiger partial charge in [0, 0.05) is 44.0 Å². The van der Waals surface area contributed by atoms with Crippen molar-refractivity contribution < 1.29 is 9.53 Å². The zero-order valence-corrected chi connectivity index (χ0v) is 11.5. The van der Waals surface area contributed by atoms with Crippen molar-refractivity contribution in [3.63, 3.8) is 0 Å². The topological polar surface area (TPSA) is 51.2 Å². The van der Waals surface area contributed by atoms with Gasteiger partial charge in [-0.15, -0.1) is 0 Å². The third-order valence-electron chi connectivity index (χ3n) is 3.79. The van der Waals surface area contributed by atoms with Crippen molar-refractivity contribution in [3.8, 4) is 0 Å². The third-order valence-corrected chi connectivity index (χ3v) is 3.79. The summed E-state index contributed by atoms with van der Waals surface area (Å²) in [5.74, 6) is 0.694. The number of ether oxygens (including phenoxy) is 1. The number of rotatable bonds is 5. The smallest absolute Gasteiger partial charge is 0.223 e. The summed E-state index contributed by atoms with van der Waals surface area (Å²) in [5.41, 5.74) is 1.02. The first-order chi connectivity index (χ1) is 9.27. The fourth-order valence-corrected chi connectivity index (χ4v) is 2.45. The quantitative estimate of drug-likeness (QED) is 0.880. The van der Waals surface area contributed by atoms with Crippen LogP contribution >= 0.6 is 0 Å². The average molecular weight is 262 g/mol. The maximum Gasteiger partial charge on any atom is 0.223 e. The Morgan fingerprint density at radius 2 is 2.26 bits per heavy atom. The van der Waals surface area contributed by atoms with Crippen LogP contribution in [0.2, 0.25) is 0 Å². The van der Waals surface area contributed by atoms with Crippen LogP contribution in [-0.4, -0.2) is 30.6 Å². The van der Waals surface area contributed by atoms with Gasteiger partial charge >= 0.3 is 0 Å². The number of carbonyl (C=O) groups excluding carboxylic acids is 1. The van der Waals surface area contributed by atoms with Crippen molar-refractivity contribution in [2.24, 2.45) is 11.8 Å². The molecule has 0 bridgehead atoms. The van der Waals surface area contributed by atoms with Gasteiger partial charge in [-0.05, 0) is 30.9 Å². The first-order valence-corrected chi connectivity index (χ1v) is 7.02. The Morgan fingerprint density at radius 3 is 2.95 bits per heavy atom. The summed E-state index contributed by atoms with van der Waals surface area (Å²) in [7, 11) is 0. The van der Waals surface area contributed by atoms with Gasteiger partial charge < -0.3 is 10.1 Å². The van der Waals surface area contributed by atoms with Crippen molar-refractivity contribution in [1.82, 2.24) is 10.3 Å². The van der Waals surface area contributed by atoms with E-state index in [1.165, 1.54) is 0 Å². The Hall–Kier alpha value is -1.42. The zero-order valence-electron chi connectivity index (χ0n) is 11.5. The molecule has 0 spiro atoms. The Morgan fingerprint density at radius 1 is 1.47 bits per heavy atom. The number of pyridine rings is 1. The van der Waals surface area contributed by atoms with Gasteiger partial charge in [0.1, 0.15) is 0 Å². The van der Waals surface area contributed by atoms with E-state index in [1.54, 1.807) is 6.20 Å². The number of nitrogens with one attached hydrogen (secondary N) is 1. The highest BCUT2D eigenvalue weighted by Crippen LogP contribution is 2.23. The Bertz CT molecular complexity index is 388. The summed E-state index contributed by atoms with van der Waals surface area (Å²) in [4.78, 5) is 16.3. The minimum Gasteiger partial charge on any atom is -0.381 e. The summed E-state index contributed by atoms with van der Waals surface area (Å²) in [6.45, 7) is 4.25.